The lowest BCUT2D eigenvalue weighted by molar-refractivity contribution is -0.919. The molecule has 2 atom stereocenters. The second-order valence-corrected chi connectivity index (χ2v) is 9.01. The summed E-state index contributed by atoms with van der Waals surface area (Å²) in [6, 6.07) is 12.3. The Morgan fingerprint density at radius 1 is 1.27 bits per heavy atom. The van der Waals surface area contributed by atoms with Gasteiger partial charge in [0.2, 0.25) is 0 Å². The normalized spacial score (nSPS) is 19.2. The van der Waals surface area contributed by atoms with Crippen molar-refractivity contribution in [3.05, 3.63) is 73.1 Å². The molecule has 1 aromatic carbocycles. The van der Waals surface area contributed by atoms with Crippen LogP contribution >= 0.6 is 34.3 Å². The van der Waals surface area contributed by atoms with Crippen molar-refractivity contribution in [2.24, 2.45) is 0 Å². The van der Waals surface area contributed by atoms with Crippen LogP contribution in [-0.2, 0) is 11.2 Å². The molecule has 2 N–H and O–H groups in total. The van der Waals surface area contributed by atoms with Crippen LogP contribution < -0.4 is 10.2 Å². The van der Waals surface area contributed by atoms with Crippen molar-refractivity contribution in [2.75, 3.05) is 18.4 Å². The van der Waals surface area contributed by atoms with E-state index in [0.717, 1.165) is 24.2 Å². The van der Waals surface area contributed by atoms with Crippen molar-refractivity contribution in [3.63, 3.8) is 0 Å². The van der Waals surface area contributed by atoms with E-state index in [4.69, 9.17) is 11.6 Å². The third kappa shape index (κ3) is 3.58. The molecule has 0 saturated carbocycles. The first-order valence-electron chi connectivity index (χ1n) is 8.62. The Hall–Kier alpha value is -1.66. The molecule has 3 nitrogen and oxygen atoms in total. The van der Waals surface area contributed by atoms with Gasteiger partial charge in [-0.2, -0.15) is 0 Å². The second-order valence-electron chi connectivity index (χ2n) is 6.59. The van der Waals surface area contributed by atoms with Crippen LogP contribution in [0.3, 0.4) is 0 Å². The topological polar surface area (TPSA) is 33.5 Å². The van der Waals surface area contributed by atoms with Crippen molar-refractivity contribution < 1.29 is 9.69 Å². The number of thiophene rings is 2. The molecule has 3 heterocycles. The number of halogens is 1. The maximum absolute atomic E-state index is 12.7. The molecular weight excluding hydrogens is 384 g/mol. The molecule has 134 valence electrons. The number of carbonyl (C=O) groups is 1. The zero-order chi connectivity index (χ0) is 18.1. The van der Waals surface area contributed by atoms with E-state index in [1.54, 1.807) is 11.3 Å². The van der Waals surface area contributed by atoms with Gasteiger partial charge >= 0.3 is 0 Å². The molecule has 0 radical (unpaired) electrons. The fourth-order valence-electron chi connectivity index (χ4n) is 3.58. The second kappa shape index (κ2) is 7.53. The minimum atomic E-state index is 0.0330. The van der Waals surface area contributed by atoms with Crippen LogP contribution in [0.15, 0.2) is 47.2 Å². The molecule has 26 heavy (non-hydrogen) atoms. The third-order valence-corrected chi connectivity index (χ3v) is 7.03. The van der Waals surface area contributed by atoms with Crippen molar-refractivity contribution in [1.29, 1.82) is 0 Å². The molecule has 3 aromatic rings. The Bertz CT molecular complexity index is 920. The summed E-state index contributed by atoms with van der Waals surface area (Å²) in [5, 5.41) is 7.96. The number of rotatable bonds is 4. The Morgan fingerprint density at radius 2 is 2.15 bits per heavy atom. The number of carbonyl (C=O) groups excluding carboxylic acids is 1. The summed E-state index contributed by atoms with van der Waals surface area (Å²) in [6.07, 6.45) is 1.04. The van der Waals surface area contributed by atoms with Crippen molar-refractivity contribution in [2.45, 2.75) is 19.4 Å². The van der Waals surface area contributed by atoms with Gasteiger partial charge in [0.1, 0.15) is 6.04 Å². The number of nitrogens with one attached hydrogen (secondary N) is 2. The lowest BCUT2D eigenvalue weighted by Gasteiger charge is -2.31. The van der Waals surface area contributed by atoms with Gasteiger partial charge in [-0.3, -0.25) is 4.79 Å². The SMILES string of the molecule is Cc1ccc(Cl)cc1NC(=O)C[NH+]1CCc2sccc2[C@@H]1c1cccs1. The third-order valence-electron chi connectivity index (χ3n) is 4.86. The minimum Gasteiger partial charge on any atom is -0.321 e. The van der Waals surface area contributed by atoms with Gasteiger partial charge in [-0.1, -0.05) is 23.7 Å². The van der Waals surface area contributed by atoms with Crippen molar-refractivity contribution in [1.82, 2.24) is 0 Å². The van der Waals surface area contributed by atoms with E-state index in [9.17, 15) is 4.79 Å². The van der Waals surface area contributed by atoms with Crippen LogP contribution in [0.4, 0.5) is 5.69 Å². The molecule has 4 rings (SSSR count). The molecule has 0 fully saturated rings. The van der Waals surface area contributed by atoms with E-state index in [2.05, 4.69) is 34.3 Å². The van der Waals surface area contributed by atoms with Crippen LogP contribution in [0.25, 0.3) is 0 Å². The van der Waals surface area contributed by atoms with E-state index < -0.39 is 0 Å². The number of benzene rings is 1. The van der Waals surface area contributed by atoms with Crippen LogP contribution in [0.1, 0.15) is 26.9 Å². The summed E-state index contributed by atoms with van der Waals surface area (Å²) in [7, 11) is 0. The van der Waals surface area contributed by atoms with Gasteiger partial charge < -0.3 is 10.2 Å². The fraction of sp³-hybridized carbons (Fsp3) is 0.250. The number of aryl methyl sites for hydroxylation is 1. The summed E-state index contributed by atoms with van der Waals surface area (Å²) in [6.45, 7) is 3.40. The first kappa shape index (κ1) is 17.7. The predicted molar refractivity (Wildman–Crippen MR) is 110 cm³/mol. The maximum atomic E-state index is 12.7. The van der Waals surface area contributed by atoms with Gasteiger partial charge in [0.15, 0.2) is 6.54 Å². The smallest absolute Gasteiger partial charge is 0.279 e. The quantitative estimate of drug-likeness (QED) is 0.679. The highest BCUT2D eigenvalue weighted by Crippen LogP contribution is 2.31. The summed E-state index contributed by atoms with van der Waals surface area (Å²) in [4.78, 5) is 16.8. The standard InChI is InChI=1S/C20H19ClN2OS2/c1-13-4-5-14(21)11-16(13)22-19(24)12-23-8-6-17-15(7-10-26-17)20(23)18-3-2-9-25-18/h2-5,7,9-11,20H,6,8,12H2,1H3,(H,22,24)/p+1/t20-/m1/s1. The van der Waals surface area contributed by atoms with Gasteiger partial charge in [0.25, 0.3) is 5.91 Å². The molecule has 1 aliphatic rings. The largest absolute Gasteiger partial charge is 0.321 e. The Kier molecular flexibility index (Phi) is 5.14. The van der Waals surface area contributed by atoms with Crippen LogP contribution in [0.2, 0.25) is 5.02 Å². The van der Waals surface area contributed by atoms with E-state index in [1.165, 1.54) is 20.2 Å². The van der Waals surface area contributed by atoms with E-state index in [-0.39, 0.29) is 11.9 Å². The van der Waals surface area contributed by atoms with E-state index >= 15 is 0 Å². The average molecular weight is 404 g/mol. The zero-order valence-corrected chi connectivity index (χ0v) is 16.8. The van der Waals surface area contributed by atoms with Gasteiger partial charge in [-0.25, -0.2) is 0 Å². The number of hydrogen-bond donors (Lipinski definition) is 2. The highest BCUT2D eigenvalue weighted by molar-refractivity contribution is 7.10. The minimum absolute atomic E-state index is 0.0330. The van der Waals surface area contributed by atoms with Gasteiger partial charge in [0.05, 0.1) is 11.4 Å². The molecule has 1 amide bonds. The Labute approximate surface area is 166 Å². The van der Waals surface area contributed by atoms with Crippen LogP contribution in [0, 0.1) is 6.92 Å². The highest BCUT2D eigenvalue weighted by atomic mass is 35.5. The molecule has 2 aromatic heterocycles. The molecule has 0 aliphatic carbocycles. The number of fused-ring (bicyclic) bond motifs is 1. The maximum Gasteiger partial charge on any atom is 0.279 e. The van der Waals surface area contributed by atoms with Gasteiger partial charge in [-0.05, 0) is 47.5 Å². The summed E-state index contributed by atoms with van der Waals surface area (Å²) >= 11 is 9.67. The molecule has 0 saturated heterocycles. The molecule has 6 heteroatoms. The lowest BCUT2D eigenvalue weighted by atomic mass is 9.98. The first-order chi connectivity index (χ1) is 12.6. The Balaban J connectivity index is 1.55. The molecule has 1 aliphatic heterocycles. The van der Waals surface area contributed by atoms with Gasteiger partial charge in [0, 0.05) is 27.6 Å². The molecule has 0 spiro atoms. The van der Waals surface area contributed by atoms with E-state index in [1.807, 2.05) is 36.5 Å². The monoisotopic (exact) mass is 403 g/mol. The van der Waals surface area contributed by atoms with Crippen molar-refractivity contribution in [3.8, 4) is 0 Å². The predicted octanol–water partition coefficient (Wildman–Crippen LogP) is 3.94. The summed E-state index contributed by atoms with van der Waals surface area (Å²) in [5.74, 6) is 0.0330. The zero-order valence-electron chi connectivity index (χ0n) is 14.4. The summed E-state index contributed by atoms with van der Waals surface area (Å²) < 4.78 is 0. The highest BCUT2D eigenvalue weighted by Gasteiger charge is 2.35. The number of anilines is 1. The molecule has 0 bridgehead atoms. The summed E-state index contributed by atoms with van der Waals surface area (Å²) in [5.41, 5.74) is 3.19. The van der Waals surface area contributed by atoms with Crippen LogP contribution in [-0.4, -0.2) is 19.0 Å². The van der Waals surface area contributed by atoms with E-state index in [0.29, 0.717) is 11.6 Å². The molecule has 1 unspecified atom stereocenters. The number of hydrogen-bond acceptors (Lipinski definition) is 3. The van der Waals surface area contributed by atoms with Crippen LogP contribution in [0.5, 0.6) is 0 Å². The first-order valence-corrected chi connectivity index (χ1v) is 10.8. The lowest BCUT2D eigenvalue weighted by Crippen LogP contribution is -3.14. The molecular formula is C20H20ClN2OS2+. The Morgan fingerprint density at radius 3 is 2.96 bits per heavy atom. The number of amides is 1. The fourth-order valence-corrected chi connectivity index (χ4v) is 5.57. The van der Waals surface area contributed by atoms with Crippen molar-refractivity contribution >= 4 is 45.9 Å². The number of quaternary nitrogens is 1. The average Bonchev–Trinajstić information content (AvgIpc) is 3.29. The van der Waals surface area contributed by atoms with Gasteiger partial charge in [-0.15, -0.1) is 22.7 Å².